The van der Waals surface area contributed by atoms with Gasteiger partial charge in [0.05, 0.1) is 18.1 Å². The minimum absolute atomic E-state index is 0.109. The van der Waals surface area contributed by atoms with Crippen molar-refractivity contribution >= 4 is 22.7 Å². The van der Waals surface area contributed by atoms with E-state index in [2.05, 4.69) is 4.98 Å². The van der Waals surface area contributed by atoms with E-state index < -0.39 is 11.9 Å². The highest BCUT2D eigenvalue weighted by Gasteiger charge is 2.34. The number of pyridine rings is 1. The summed E-state index contributed by atoms with van der Waals surface area (Å²) in [7, 11) is 0. The number of Topliss-reactive ketones (excluding diaryl/α,β-unsaturated/α-hetero) is 1. The summed E-state index contributed by atoms with van der Waals surface area (Å²) < 4.78 is 5.05. The molecule has 1 aromatic heterocycles. The predicted octanol–water partition coefficient (Wildman–Crippen LogP) is 2.15. The summed E-state index contributed by atoms with van der Waals surface area (Å²) in [6.45, 7) is 2.01. The zero-order valence-corrected chi connectivity index (χ0v) is 11.6. The van der Waals surface area contributed by atoms with Crippen molar-refractivity contribution in [1.82, 2.24) is 4.98 Å². The van der Waals surface area contributed by atoms with E-state index in [4.69, 9.17) is 4.74 Å². The van der Waals surface area contributed by atoms with Gasteiger partial charge in [-0.15, -0.1) is 0 Å². The van der Waals surface area contributed by atoms with Crippen LogP contribution in [0.3, 0.4) is 0 Å². The average Bonchev–Trinajstić information content (AvgIpc) is 2.48. The van der Waals surface area contributed by atoms with E-state index in [-0.39, 0.29) is 29.8 Å². The number of ketones is 1. The quantitative estimate of drug-likeness (QED) is 0.858. The van der Waals surface area contributed by atoms with Crippen molar-refractivity contribution in [2.75, 3.05) is 6.61 Å². The molecule has 1 aliphatic carbocycles. The Morgan fingerprint density at radius 1 is 1.33 bits per heavy atom. The molecular formula is C16H15NO4. The highest BCUT2D eigenvalue weighted by molar-refractivity contribution is 6.03. The first-order chi connectivity index (χ1) is 10.1. The molecule has 0 radical (unpaired) electrons. The Labute approximate surface area is 120 Å². The number of aromatic amines is 1. The van der Waals surface area contributed by atoms with Gasteiger partial charge in [-0.3, -0.25) is 14.4 Å². The number of hydrogen-bond donors (Lipinski definition) is 1. The molecule has 0 amide bonds. The maximum absolute atomic E-state index is 12.5. The predicted molar refractivity (Wildman–Crippen MR) is 77.5 cm³/mol. The van der Waals surface area contributed by atoms with E-state index in [0.717, 1.165) is 0 Å². The summed E-state index contributed by atoms with van der Waals surface area (Å²) >= 11 is 0. The van der Waals surface area contributed by atoms with Gasteiger partial charge >= 0.3 is 5.97 Å². The fourth-order valence-corrected chi connectivity index (χ4v) is 2.82. The van der Waals surface area contributed by atoms with Crippen LogP contribution in [0.2, 0.25) is 0 Å². The molecule has 1 aliphatic rings. The Morgan fingerprint density at radius 2 is 2.10 bits per heavy atom. The van der Waals surface area contributed by atoms with Gasteiger partial charge in [-0.1, -0.05) is 12.1 Å². The number of esters is 1. The summed E-state index contributed by atoms with van der Waals surface area (Å²) in [5, 5.41) is 0.467. The van der Waals surface area contributed by atoms with Crippen molar-refractivity contribution in [1.29, 1.82) is 0 Å². The number of nitrogens with one attached hydrogen (secondary N) is 1. The SMILES string of the molecule is CCOC(=O)C1CCC(=O)c2c1[nH]c1ccccc1c2=O. The van der Waals surface area contributed by atoms with Crippen LogP contribution < -0.4 is 5.43 Å². The van der Waals surface area contributed by atoms with Crippen molar-refractivity contribution in [3.05, 3.63) is 45.7 Å². The van der Waals surface area contributed by atoms with Crippen LogP contribution in [-0.2, 0) is 9.53 Å². The highest BCUT2D eigenvalue weighted by atomic mass is 16.5. The molecule has 1 aromatic carbocycles. The number of rotatable bonds is 2. The number of ether oxygens (including phenoxy) is 1. The summed E-state index contributed by atoms with van der Waals surface area (Å²) in [6, 6.07) is 6.99. The Hall–Kier alpha value is -2.43. The molecule has 5 nitrogen and oxygen atoms in total. The van der Waals surface area contributed by atoms with Crippen LogP contribution in [0.5, 0.6) is 0 Å². The minimum Gasteiger partial charge on any atom is -0.465 e. The third-order valence-electron chi connectivity index (χ3n) is 3.80. The molecule has 2 aromatic rings. The normalized spacial score (nSPS) is 17.6. The topological polar surface area (TPSA) is 76.2 Å². The van der Waals surface area contributed by atoms with Gasteiger partial charge in [-0.2, -0.15) is 0 Å². The first-order valence-electron chi connectivity index (χ1n) is 6.98. The molecule has 3 rings (SSSR count). The van der Waals surface area contributed by atoms with Crippen LogP contribution >= 0.6 is 0 Å². The summed E-state index contributed by atoms with van der Waals surface area (Å²) in [5.41, 5.74) is 0.829. The fraction of sp³-hybridized carbons (Fsp3) is 0.312. The maximum Gasteiger partial charge on any atom is 0.314 e. The molecule has 0 saturated carbocycles. The van der Waals surface area contributed by atoms with Crippen LogP contribution in [0.1, 0.15) is 41.7 Å². The molecule has 5 heteroatoms. The number of fused-ring (bicyclic) bond motifs is 2. The Balaban J connectivity index is 2.25. The minimum atomic E-state index is -0.574. The van der Waals surface area contributed by atoms with Crippen molar-refractivity contribution in [3.63, 3.8) is 0 Å². The van der Waals surface area contributed by atoms with Crippen LogP contribution in [-0.4, -0.2) is 23.3 Å². The van der Waals surface area contributed by atoms with Crippen molar-refractivity contribution < 1.29 is 14.3 Å². The summed E-state index contributed by atoms with van der Waals surface area (Å²) in [6.07, 6.45) is 0.566. The first kappa shape index (κ1) is 13.5. The molecule has 1 atom stereocenters. The van der Waals surface area contributed by atoms with Gasteiger partial charge in [0.25, 0.3) is 0 Å². The monoisotopic (exact) mass is 285 g/mol. The molecule has 1 heterocycles. The number of benzene rings is 1. The zero-order chi connectivity index (χ0) is 15.0. The van der Waals surface area contributed by atoms with Gasteiger partial charge in [0.15, 0.2) is 11.2 Å². The molecule has 0 saturated heterocycles. The van der Waals surface area contributed by atoms with Crippen molar-refractivity contribution in [3.8, 4) is 0 Å². The molecule has 0 bridgehead atoms. The number of hydrogen-bond acceptors (Lipinski definition) is 4. The van der Waals surface area contributed by atoms with E-state index >= 15 is 0 Å². The maximum atomic E-state index is 12.5. The van der Waals surface area contributed by atoms with Gasteiger partial charge in [-0.05, 0) is 25.5 Å². The lowest BCUT2D eigenvalue weighted by Gasteiger charge is -2.23. The van der Waals surface area contributed by atoms with E-state index in [1.807, 2.05) is 0 Å². The number of carbonyl (C=O) groups excluding carboxylic acids is 2. The van der Waals surface area contributed by atoms with E-state index in [1.165, 1.54) is 0 Å². The van der Waals surface area contributed by atoms with Gasteiger partial charge in [0.2, 0.25) is 0 Å². The molecule has 1 unspecified atom stereocenters. The van der Waals surface area contributed by atoms with Gasteiger partial charge in [-0.25, -0.2) is 0 Å². The molecule has 1 N–H and O–H groups in total. The molecule has 108 valence electrons. The third kappa shape index (κ3) is 2.14. The molecule has 21 heavy (non-hydrogen) atoms. The van der Waals surface area contributed by atoms with Crippen LogP contribution in [0.15, 0.2) is 29.1 Å². The van der Waals surface area contributed by atoms with Crippen LogP contribution in [0, 0.1) is 0 Å². The lowest BCUT2D eigenvalue weighted by atomic mass is 9.85. The largest absolute Gasteiger partial charge is 0.465 e. The van der Waals surface area contributed by atoms with Crippen LogP contribution in [0.25, 0.3) is 10.9 Å². The lowest BCUT2D eigenvalue weighted by Crippen LogP contribution is -2.30. The van der Waals surface area contributed by atoms with E-state index in [9.17, 15) is 14.4 Å². The highest BCUT2D eigenvalue weighted by Crippen LogP contribution is 2.30. The smallest absolute Gasteiger partial charge is 0.314 e. The third-order valence-corrected chi connectivity index (χ3v) is 3.80. The number of para-hydroxylation sites is 1. The number of H-pyrrole nitrogens is 1. The molecular weight excluding hydrogens is 270 g/mol. The van der Waals surface area contributed by atoms with Crippen molar-refractivity contribution in [2.24, 2.45) is 0 Å². The summed E-state index contributed by atoms with van der Waals surface area (Å²) in [4.78, 5) is 39.8. The summed E-state index contributed by atoms with van der Waals surface area (Å²) in [5.74, 6) is -1.18. The fourth-order valence-electron chi connectivity index (χ4n) is 2.82. The first-order valence-corrected chi connectivity index (χ1v) is 6.98. The Morgan fingerprint density at radius 3 is 2.86 bits per heavy atom. The van der Waals surface area contributed by atoms with E-state index in [1.54, 1.807) is 31.2 Å². The van der Waals surface area contributed by atoms with Gasteiger partial charge in [0.1, 0.15) is 0 Å². The van der Waals surface area contributed by atoms with E-state index in [0.29, 0.717) is 23.0 Å². The average molecular weight is 285 g/mol. The number of carbonyl (C=O) groups is 2. The molecule has 0 aliphatic heterocycles. The second-order valence-corrected chi connectivity index (χ2v) is 5.05. The Bertz CT molecular complexity index is 790. The van der Waals surface area contributed by atoms with Gasteiger partial charge in [0, 0.05) is 23.0 Å². The zero-order valence-electron chi connectivity index (χ0n) is 11.6. The van der Waals surface area contributed by atoms with Crippen LogP contribution in [0.4, 0.5) is 0 Å². The standard InChI is InChI=1S/C16H15NO4/c1-2-21-16(20)10-7-8-12(18)13-14(10)17-11-6-4-3-5-9(11)15(13)19/h3-6,10H,2,7-8H2,1H3,(H,17,19). The molecule has 0 spiro atoms. The second kappa shape index (κ2) is 5.16. The second-order valence-electron chi connectivity index (χ2n) is 5.05. The molecule has 0 fully saturated rings. The van der Waals surface area contributed by atoms with Gasteiger partial charge < -0.3 is 9.72 Å². The Kier molecular flexibility index (Phi) is 3.33. The van der Waals surface area contributed by atoms with Crippen molar-refractivity contribution in [2.45, 2.75) is 25.7 Å². The lowest BCUT2D eigenvalue weighted by molar-refractivity contribution is -0.145. The number of aromatic nitrogens is 1.